The normalized spacial score (nSPS) is 41.3. The Morgan fingerprint density at radius 3 is 2.41 bits per heavy atom. The number of hydrogen-bond donors (Lipinski definition) is 2. The summed E-state index contributed by atoms with van der Waals surface area (Å²) in [4.78, 5) is 12.4. The van der Waals surface area contributed by atoms with E-state index in [-0.39, 0.29) is 12.0 Å². The first-order valence-corrected chi connectivity index (χ1v) is 14.8. The van der Waals surface area contributed by atoms with E-state index < -0.39 is 5.97 Å². The first-order valence-electron chi connectivity index (χ1n) is 14.8. The molecule has 4 aliphatic rings. The van der Waals surface area contributed by atoms with Crippen LogP contribution in [0.15, 0.2) is 11.6 Å². The Kier molecular flexibility index (Phi) is 7.92. The number of aliphatic carboxylic acids is 1. The molecule has 0 aromatic rings. The van der Waals surface area contributed by atoms with Crippen molar-refractivity contribution in [2.24, 2.45) is 52.3 Å². The maximum absolute atomic E-state index is 12.4. The molecule has 0 spiro atoms. The quantitative estimate of drug-likeness (QED) is 0.336. The van der Waals surface area contributed by atoms with E-state index in [1.807, 2.05) is 0 Å². The van der Waals surface area contributed by atoms with E-state index in [9.17, 15) is 15.0 Å². The van der Waals surface area contributed by atoms with Crippen LogP contribution in [0.4, 0.5) is 0 Å². The zero-order valence-electron chi connectivity index (χ0n) is 22.7. The fourth-order valence-corrected chi connectivity index (χ4v) is 9.96. The Hall–Kier alpha value is -0.830. The molecule has 34 heavy (non-hydrogen) atoms. The van der Waals surface area contributed by atoms with Crippen LogP contribution >= 0.6 is 0 Å². The van der Waals surface area contributed by atoms with E-state index in [2.05, 4.69) is 40.7 Å². The van der Waals surface area contributed by atoms with Crippen molar-refractivity contribution in [3.8, 4) is 0 Å². The Bertz CT molecular complexity index is 752. The smallest absolute Gasteiger partial charge is 0.306 e. The van der Waals surface area contributed by atoms with Crippen LogP contribution < -0.4 is 0 Å². The third-order valence-electron chi connectivity index (χ3n) is 11.7. The zero-order chi connectivity index (χ0) is 24.7. The summed E-state index contributed by atoms with van der Waals surface area (Å²) in [5, 5.41) is 20.5. The standard InChI is InChI=1S/C31H52O3/c1-6-8-21(9-7-2)25(29(33)34)18-20(3)26-12-13-27-24-11-10-22-19-23(32)14-16-30(22,4)28(24)15-17-31(26,27)5/h10,20-21,23-28,32H,6-9,11-19H2,1-5H3,(H,33,34)/t20?,23-,24-,25?,26+,27-,28-,30-,31+/m0/s1. The fourth-order valence-electron chi connectivity index (χ4n) is 9.96. The lowest BCUT2D eigenvalue weighted by atomic mass is 9.47. The van der Waals surface area contributed by atoms with Gasteiger partial charge in [-0.3, -0.25) is 4.79 Å². The van der Waals surface area contributed by atoms with Gasteiger partial charge in [0.15, 0.2) is 0 Å². The number of rotatable bonds is 9. The minimum atomic E-state index is -0.556. The zero-order valence-corrected chi connectivity index (χ0v) is 22.7. The molecule has 0 aromatic heterocycles. The van der Waals surface area contributed by atoms with Gasteiger partial charge in [-0.25, -0.2) is 0 Å². The molecular formula is C31H52O3. The monoisotopic (exact) mass is 472 g/mol. The van der Waals surface area contributed by atoms with Crippen molar-refractivity contribution < 1.29 is 15.0 Å². The summed E-state index contributed by atoms with van der Waals surface area (Å²) >= 11 is 0. The van der Waals surface area contributed by atoms with Gasteiger partial charge in [0.05, 0.1) is 12.0 Å². The Morgan fingerprint density at radius 1 is 1.06 bits per heavy atom. The minimum absolute atomic E-state index is 0.132. The van der Waals surface area contributed by atoms with E-state index >= 15 is 0 Å². The highest BCUT2D eigenvalue weighted by molar-refractivity contribution is 5.70. The number of hydrogen-bond acceptors (Lipinski definition) is 2. The topological polar surface area (TPSA) is 57.5 Å². The number of carbonyl (C=O) groups is 1. The minimum Gasteiger partial charge on any atom is -0.481 e. The molecule has 0 radical (unpaired) electrons. The van der Waals surface area contributed by atoms with E-state index in [4.69, 9.17) is 0 Å². The molecule has 194 valence electrons. The predicted octanol–water partition coefficient (Wildman–Crippen LogP) is 7.87. The molecule has 0 heterocycles. The Labute approximate surface area is 209 Å². The highest BCUT2D eigenvalue weighted by Gasteiger charge is 2.59. The second-order valence-electron chi connectivity index (χ2n) is 13.4. The molecule has 0 aliphatic heterocycles. The van der Waals surface area contributed by atoms with Crippen molar-refractivity contribution >= 4 is 5.97 Å². The van der Waals surface area contributed by atoms with Crippen LogP contribution in [-0.2, 0) is 4.79 Å². The van der Waals surface area contributed by atoms with Crippen molar-refractivity contribution in [1.29, 1.82) is 0 Å². The van der Waals surface area contributed by atoms with Gasteiger partial charge < -0.3 is 10.2 Å². The number of carboxylic acids is 1. The second kappa shape index (κ2) is 10.3. The molecule has 3 fully saturated rings. The maximum Gasteiger partial charge on any atom is 0.306 e. The molecule has 0 aromatic carbocycles. The van der Waals surface area contributed by atoms with Crippen LogP contribution in [0.1, 0.15) is 118 Å². The Morgan fingerprint density at radius 2 is 1.76 bits per heavy atom. The van der Waals surface area contributed by atoms with Crippen LogP contribution in [0.3, 0.4) is 0 Å². The number of fused-ring (bicyclic) bond motifs is 5. The average Bonchev–Trinajstić information content (AvgIpc) is 3.15. The van der Waals surface area contributed by atoms with Crippen molar-refractivity contribution in [3.63, 3.8) is 0 Å². The van der Waals surface area contributed by atoms with Gasteiger partial charge in [-0.2, -0.15) is 0 Å². The van der Waals surface area contributed by atoms with E-state index in [1.165, 1.54) is 32.1 Å². The number of aliphatic hydroxyl groups excluding tert-OH is 1. The first kappa shape index (κ1) is 26.2. The summed E-state index contributed by atoms with van der Waals surface area (Å²) in [6, 6.07) is 0. The summed E-state index contributed by atoms with van der Waals surface area (Å²) in [7, 11) is 0. The molecule has 0 saturated heterocycles. The van der Waals surface area contributed by atoms with Gasteiger partial charge in [-0.1, -0.05) is 59.1 Å². The largest absolute Gasteiger partial charge is 0.481 e. The van der Waals surface area contributed by atoms with Crippen LogP contribution in [-0.4, -0.2) is 22.3 Å². The van der Waals surface area contributed by atoms with Crippen molar-refractivity contribution in [3.05, 3.63) is 11.6 Å². The predicted molar refractivity (Wildman–Crippen MR) is 139 cm³/mol. The molecule has 0 amide bonds. The highest BCUT2D eigenvalue weighted by Crippen LogP contribution is 2.67. The molecule has 4 aliphatic carbocycles. The third-order valence-corrected chi connectivity index (χ3v) is 11.7. The van der Waals surface area contributed by atoms with Gasteiger partial charge in [-0.15, -0.1) is 0 Å². The third kappa shape index (κ3) is 4.53. The van der Waals surface area contributed by atoms with E-state index in [0.717, 1.165) is 69.1 Å². The van der Waals surface area contributed by atoms with Gasteiger partial charge >= 0.3 is 5.97 Å². The molecular weight excluding hydrogens is 420 g/mol. The summed E-state index contributed by atoms with van der Waals surface area (Å²) < 4.78 is 0. The Balaban J connectivity index is 1.50. The molecule has 9 atom stereocenters. The van der Waals surface area contributed by atoms with Crippen molar-refractivity contribution in [1.82, 2.24) is 0 Å². The van der Waals surface area contributed by atoms with Gasteiger partial charge in [0.25, 0.3) is 0 Å². The van der Waals surface area contributed by atoms with Crippen molar-refractivity contribution in [2.75, 3.05) is 0 Å². The molecule has 3 saturated carbocycles. The molecule has 3 heteroatoms. The van der Waals surface area contributed by atoms with Gasteiger partial charge in [0.1, 0.15) is 0 Å². The fraction of sp³-hybridized carbons (Fsp3) is 0.903. The van der Waals surface area contributed by atoms with Gasteiger partial charge in [0.2, 0.25) is 0 Å². The van der Waals surface area contributed by atoms with E-state index in [0.29, 0.717) is 28.6 Å². The number of carboxylic acid groups (broad SMARTS) is 1. The number of allylic oxidation sites excluding steroid dienone is 1. The van der Waals surface area contributed by atoms with Crippen LogP contribution in [0, 0.1) is 52.3 Å². The highest BCUT2D eigenvalue weighted by atomic mass is 16.4. The number of aliphatic hydroxyl groups is 1. The molecule has 3 nitrogen and oxygen atoms in total. The summed E-state index contributed by atoms with van der Waals surface area (Å²) in [5.74, 6) is 3.08. The van der Waals surface area contributed by atoms with Gasteiger partial charge in [-0.05, 0) is 117 Å². The first-order chi connectivity index (χ1) is 16.2. The lowest BCUT2D eigenvalue weighted by Gasteiger charge is -2.58. The van der Waals surface area contributed by atoms with Crippen LogP contribution in [0.5, 0.6) is 0 Å². The summed E-state index contributed by atoms with van der Waals surface area (Å²) in [6.45, 7) is 11.9. The second-order valence-corrected chi connectivity index (χ2v) is 13.4. The summed E-state index contributed by atoms with van der Waals surface area (Å²) in [5.41, 5.74) is 2.22. The van der Waals surface area contributed by atoms with Crippen LogP contribution in [0.2, 0.25) is 0 Å². The maximum atomic E-state index is 12.4. The molecule has 2 unspecified atom stereocenters. The van der Waals surface area contributed by atoms with Crippen LogP contribution in [0.25, 0.3) is 0 Å². The molecule has 4 rings (SSSR count). The van der Waals surface area contributed by atoms with Crippen molar-refractivity contribution in [2.45, 2.75) is 124 Å². The van der Waals surface area contributed by atoms with E-state index in [1.54, 1.807) is 5.57 Å². The lowest BCUT2D eigenvalue weighted by Crippen LogP contribution is -2.51. The average molecular weight is 473 g/mol. The summed E-state index contributed by atoms with van der Waals surface area (Å²) in [6.07, 6.45) is 17.0. The molecule has 0 bridgehead atoms. The SMILES string of the molecule is CCCC(CCC)C(CC(C)[C@H]1CC[C@H]2[C@@H]3CC=C4C[C@@H](O)CC[C@]4(C)[C@H]3CC[C@]12C)C(=O)O. The molecule has 2 N–H and O–H groups in total. The van der Waals surface area contributed by atoms with Gasteiger partial charge in [0, 0.05) is 0 Å². The lowest BCUT2D eigenvalue weighted by molar-refractivity contribution is -0.145.